The number of morpholine rings is 1. The molecule has 5 atom stereocenters. The fourth-order valence-corrected chi connectivity index (χ4v) is 4.59. The quantitative estimate of drug-likeness (QED) is 0.687. The fourth-order valence-electron chi connectivity index (χ4n) is 4.19. The molecule has 0 bridgehead atoms. The predicted octanol–water partition coefficient (Wildman–Crippen LogP) is 4.51. The molecule has 1 saturated carbocycles. The first-order chi connectivity index (χ1) is 14.3. The zero-order valence-corrected chi connectivity index (χ0v) is 17.6. The number of carbonyl (C=O) groups is 2. The third-order valence-corrected chi connectivity index (χ3v) is 6.27. The molecule has 5 nitrogen and oxygen atoms in total. The number of carbonyl (C=O) groups excluding carboxylic acids is 1. The van der Waals surface area contributed by atoms with Gasteiger partial charge in [0.05, 0.1) is 12.5 Å². The number of hydrogen-bond acceptors (Lipinski definition) is 3. The van der Waals surface area contributed by atoms with Crippen LogP contribution in [0.15, 0.2) is 47.5 Å². The maximum absolute atomic E-state index is 15.1. The summed E-state index contributed by atoms with van der Waals surface area (Å²) < 4.78 is 21.1. The van der Waals surface area contributed by atoms with Crippen molar-refractivity contribution >= 4 is 35.1 Å². The molecular weight excluding hydrogens is 432 g/mol. The Morgan fingerprint density at radius 3 is 2.70 bits per heavy atom. The third kappa shape index (κ3) is 4.56. The van der Waals surface area contributed by atoms with Gasteiger partial charge in [-0.3, -0.25) is 9.59 Å². The molecule has 1 N–H and O–H groups in total. The average molecular weight is 454 g/mol. The molecule has 0 radical (unpaired) electrons. The zero-order valence-electron chi connectivity index (χ0n) is 16.1. The number of rotatable bonds is 6. The van der Waals surface area contributed by atoms with Crippen molar-refractivity contribution in [2.24, 2.45) is 11.8 Å². The van der Waals surface area contributed by atoms with Crippen LogP contribution in [0.5, 0.6) is 0 Å². The lowest BCUT2D eigenvalue weighted by molar-refractivity contribution is -0.182. The fraction of sp³-hybridized carbons (Fsp3) is 0.455. The molecule has 2 aliphatic carbocycles. The van der Waals surface area contributed by atoms with Gasteiger partial charge >= 0.3 is 5.97 Å². The molecule has 2 unspecified atom stereocenters. The number of aliphatic carboxylic acids is 1. The molecule has 1 amide bonds. The number of carboxylic acid groups (broad SMARTS) is 1. The maximum Gasteiger partial charge on any atom is 0.306 e. The van der Waals surface area contributed by atoms with Crippen molar-refractivity contribution in [3.63, 3.8) is 0 Å². The maximum atomic E-state index is 15.1. The van der Waals surface area contributed by atoms with Gasteiger partial charge in [-0.05, 0) is 48.6 Å². The standard InChI is InChI=1S/C22H22Cl2FNO4/c23-14-3-1-2-13(8-14)21-20(16-7-6-15(24)9-17(16)25)26(11-12-4-5-12)22(29)18(30-21)10-19(27)28/h1-3,6-9,12,16-18,20-21H,4-5,10-11H2,(H,27,28)/t16?,17?,18-,20-,21-/m1/s1. The average Bonchev–Trinajstić information content (AvgIpc) is 3.49. The summed E-state index contributed by atoms with van der Waals surface area (Å²) >= 11 is 12.1. The van der Waals surface area contributed by atoms with E-state index in [0.29, 0.717) is 28.1 Å². The summed E-state index contributed by atoms with van der Waals surface area (Å²) in [5.41, 5.74) is 0.678. The van der Waals surface area contributed by atoms with Crippen molar-refractivity contribution in [1.29, 1.82) is 0 Å². The normalized spacial score (nSPS) is 31.6. The Hall–Kier alpha value is -1.89. The Labute approximate surface area is 184 Å². The van der Waals surface area contributed by atoms with Crippen LogP contribution in [-0.4, -0.2) is 46.7 Å². The van der Waals surface area contributed by atoms with E-state index in [0.717, 1.165) is 12.8 Å². The number of allylic oxidation sites excluding steroid dienone is 3. The van der Waals surface area contributed by atoms with Crippen LogP contribution in [0.3, 0.4) is 0 Å². The summed E-state index contributed by atoms with van der Waals surface area (Å²) in [5, 5.41) is 10.1. The van der Waals surface area contributed by atoms with Crippen LogP contribution in [0.1, 0.15) is 30.9 Å². The summed E-state index contributed by atoms with van der Waals surface area (Å²) in [4.78, 5) is 26.2. The van der Waals surface area contributed by atoms with E-state index >= 15 is 4.39 Å². The van der Waals surface area contributed by atoms with Crippen molar-refractivity contribution in [3.05, 3.63) is 58.1 Å². The number of carboxylic acids is 1. The van der Waals surface area contributed by atoms with Gasteiger partial charge in [0.2, 0.25) is 0 Å². The van der Waals surface area contributed by atoms with Crippen LogP contribution in [0.4, 0.5) is 4.39 Å². The van der Waals surface area contributed by atoms with E-state index < -0.39 is 48.6 Å². The van der Waals surface area contributed by atoms with E-state index in [-0.39, 0.29) is 0 Å². The van der Waals surface area contributed by atoms with Gasteiger partial charge in [0.15, 0.2) is 0 Å². The van der Waals surface area contributed by atoms with E-state index in [4.69, 9.17) is 27.9 Å². The summed E-state index contributed by atoms with van der Waals surface area (Å²) in [7, 11) is 0. The molecule has 160 valence electrons. The Morgan fingerprint density at radius 1 is 1.30 bits per heavy atom. The first kappa shape index (κ1) is 21.3. The molecule has 1 saturated heterocycles. The van der Waals surface area contributed by atoms with Gasteiger partial charge in [-0.15, -0.1) is 0 Å². The molecule has 1 heterocycles. The highest BCUT2D eigenvalue weighted by molar-refractivity contribution is 6.31. The molecule has 2 fully saturated rings. The van der Waals surface area contributed by atoms with Crippen LogP contribution in [0.25, 0.3) is 0 Å². The summed E-state index contributed by atoms with van der Waals surface area (Å²) in [6, 6.07) is 6.34. The number of benzene rings is 1. The minimum Gasteiger partial charge on any atom is -0.481 e. The minimum atomic E-state index is -1.40. The Bertz CT molecular complexity index is 901. The van der Waals surface area contributed by atoms with Crippen LogP contribution in [0, 0.1) is 11.8 Å². The minimum absolute atomic E-state index is 0.304. The SMILES string of the molecule is O=C(O)C[C@H]1O[C@H](c2cccc(Cl)c2)[C@@H](C2C=CC(Cl)=CC2F)N(CC2CC2)C1=O. The van der Waals surface area contributed by atoms with Gasteiger partial charge in [-0.2, -0.15) is 0 Å². The monoisotopic (exact) mass is 453 g/mol. The molecule has 0 spiro atoms. The smallest absolute Gasteiger partial charge is 0.306 e. The van der Waals surface area contributed by atoms with Crippen molar-refractivity contribution in [2.45, 2.75) is 43.7 Å². The second kappa shape index (κ2) is 8.69. The highest BCUT2D eigenvalue weighted by Crippen LogP contribution is 2.43. The van der Waals surface area contributed by atoms with Gasteiger partial charge in [-0.25, -0.2) is 4.39 Å². The Morgan fingerprint density at radius 2 is 2.07 bits per heavy atom. The molecule has 1 aromatic carbocycles. The molecule has 0 aromatic heterocycles. The number of alkyl halides is 1. The lowest BCUT2D eigenvalue weighted by atomic mass is 9.82. The van der Waals surface area contributed by atoms with E-state index in [1.54, 1.807) is 41.3 Å². The number of ether oxygens (including phenoxy) is 1. The Balaban J connectivity index is 1.76. The highest BCUT2D eigenvalue weighted by atomic mass is 35.5. The van der Waals surface area contributed by atoms with Crippen molar-refractivity contribution < 1.29 is 23.8 Å². The van der Waals surface area contributed by atoms with Crippen LogP contribution < -0.4 is 0 Å². The van der Waals surface area contributed by atoms with Crippen molar-refractivity contribution in [2.75, 3.05) is 6.54 Å². The molecule has 8 heteroatoms. The molecule has 30 heavy (non-hydrogen) atoms. The first-order valence-corrected chi connectivity index (χ1v) is 10.7. The molecule has 1 aliphatic heterocycles. The zero-order chi connectivity index (χ0) is 21.4. The van der Waals surface area contributed by atoms with Gasteiger partial charge < -0.3 is 14.7 Å². The van der Waals surface area contributed by atoms with Crippen molar-refractivity contribution in [1.82, 2.24) is 4.90 Å². The van der Waals surface area contributed by atoms with Gasteiger partial charge in [0.1, 0.15) is 18.4 Å². The number of hydrogen-bond donors (Lipinski definition) is 1. The lowest BCUT2D eigenvalue weighted by Crippen LogP contribution is -2.59. The third-order valence-electron chi connectivity index (χ3n) is 5.79. The molecular formula is C22H22Cl2FNO4. The summed E-state index contributed by atoms with van der Waals surface area (Å²) in [6.45, 7) is 0.453. The Kier molecular flexibility index (Phi) is 6.19. The lowest BCUT2D eigenvalue weighted by Gasteiger charge is -2.48. The summed E-state index contributed by atoms with van der Waals surface area (Å²) in [6.07, 6.45) is 2.91. The van der Waals surface area contributed by atoms with E-state index in [1.807, 2.05) is 0 Å². The number of amides is 1. The second-order valence-corrected chi connectivity index (χ2v) is 8.93. The number of halogens is 3. The van der Waals surface area contributed by atoms with Crippen LogP contribution in [0.2, 0.25) is 5.02 Å². The van der Waals surface area contributed by atoms with Gasteiger partial charge in [0, 0.05) is 22.5 Å². The van der Waals surface area contributed by atoms with Gasteiger partial charge in [0.25, 0.3) is 5.91 Å². The van der Waals surface area contributed by atoms with E-state index in [1.165, 1.54) is 6.08 Å². The van der Waals surface area contributed by atoms with Crippen LogP contribution >= 0.6 is 23.2 Å². The summed E-state index contributed by atoms with van der Waals surface area (Å²) in [5.74, 6) is -1.87. The highest BCUT2D eigenvalue weighted by Gasteiger charge is 2.49. The van der Waals surface area contributed by atoms with E-state index in [9.17, 15) is 14.7 Å². The second-order valence-electron chi connectivity index (χ2n) is 8.06. The number of nitrogens with zero attached hydrogens (tertiary/aromatic N) is 1. The molecule has 4 rings (SSSR count). The molecule has 1 aromatic rings. The predicted molar refractivity (Wildman–Crippen MR) is 111 cm³/mol. The molecule has 3 aliphatic rings. The van der Waals surface area contributed by atoms with Gasteiger partial charge in [-0.1, -0.05) is 41.4 Å². The topological polar surface area (TPSA) is 66.8 Å². The van der Waals surface area contributed by atoms with Crippen molar-refractivity contribution in [3.8, 4) is 0 Å². The van der Waals surface area contributed by atoms with E-state index in [2.05, 4.69) is 0 Å². The first-order valence-electron chi connectivity index (χ1n) is 9.96. The van der Waals surface area contributed by atoms with Crippen LogP contribution in [-0.2, 0) is 14.3 Å². The largest absolute Gasteiger partial charge is 0.481 e.